The van der Waals surface area contributed by atoms with Crippen LogP contribution in [0.4, 0.5) is 0 Å². The Morgan fingerprint density at radius 2 is 1.00 bits per heavy atom. The van der Waals surface area contributed by atoms with Gasteiger partial charge in [-0.3, -0.25) is 0 Å². The van der Waals surface area contributed by atoms with Crippen molar-refractivity contribution in [1.82, 2.24) is 0 Å². The fourth-order valence-corrected chi connectivity index (χ4v) is 3.36. The van der Waals surface area contributed by atoms with Gasteiger partial charge in [0.15, 0.2) is 0 Å². The van der Waals surface area contributed by atoms with Crippen LogP contribution in [0.1, 0.15) is 33.4 Å². The summed E-state index contributed by atoms with van der Waals surface area (Å²) in [5, 5.41) is 0. The lowest BCUT2D eigenvalue weighted by Gasteiger charge is -2.29. The summed E-state index contributed by atoms with van der Waals surface area (Å²) in [7, 11) is 0. The highest BCUT2D eigenvalue weighted by molar-refractivity contribution is 5.33. The summed E-state index contributed by atoms with van der Waals surface area (Å²) in [6.07, 6.45) is 1.61. The number of hydrogen-bond acceptors (Lipinski definition) is 2. The lowest BCUT2D eigenvalue weighted by Crippen LogP contribution is -2.51. The number of hydrogen-bond donors (Lipinski definition) is 2. The molecule has 4 N–H and O–H groups in total. The van der Waals surface area contributed by atoms with Gasteiger partial charge in [-0.05, 0) is 51.7 Å². The Bertz CT molecular complexity index is 565. The van der Waals surface area contributed by atoms with E-state index in [1.807, 2.05) is 0 Å². The van der Waals surface area contributed by atoms with E-state index in [2.05, 4.69) is 64.1 Å². The van der Waals surface area contributed by atoms with Crippen LogP contribution >= 0.6 is 0 Å². The monoisotopic (exact) mass is 296 g/mol. The van der Waals surface area contributed by atoms with Crippen LogP contribution in [0.25, 0.3) is 0 Å². The maximum atomic E-state index is 6.64. The van der Waals surface area contributed by atoms with Crippen molar-refractivity contribution >= 4 is 0 Å². The lowest BCUT2D eigenvalue weighted by atomic mass is 9.84. The first-order valence-corrected chi connectivity index (χ1v) is 7.93. The minimum absolute atomic E-state index is 0.402. The topological polar surface area (TPSA) is 52.0 Å². The molecule has 0 aromatic heterocycles. The maximum Gasteiger partial charge on any atom is 0.0360 e. The number of nitrogens with two attached hydrogens (primary N) is 2. The summed E-state index contributed by atoms with van der Waals surface area (Å²) in [5.41, 5.74) is 19.9. The van der Waals surface area contributed by atoms with Crippen LogP contribution < -0.4 is 11.5 Å². The second-order valence-corrected chi connectivity index (χ2v) is 6.91. The largest absolute Gasteiger partial charge is 0.329 e. The second kappa shape index (κ2) is 6.64. The fraction of sp³-hybridized carbons (Fsp3) is 0.400. The Morgan fingerprint density at radius 1 is 0.682 bits per heavy atom. The Hall–Kier alpha value is -1.64. The van der Waals surface area contributed by atoms with Crippen molar-refractivity contribution < 1.29 is 0 Å². The summed E-state index contributed by atoms with van der Waals surface area (Å²) >= 11 is 0. The first kappa shape index (κ1) is 16.7. The molecule has 2 rings (SSSR count). The number of rotatable bonds is 5. The zero-order valence-electron chi connectivity index (χ0n) is 14.2. The van der Waals surface area contributed by atoms with E-state index in [9.17, 15) is 0 Å². The van der Waals surface area contributed by atoms with Crippen molar-refractivity contribution in [1.29, 1.82) is 0 Å². The van der Waals surface area contributed by atoms with Gasteiger partial charge in [0.2, 0.25) is 0 Å². The molecule has 0 radical (unpaired) electrons. The first-order chi connectivity index (χ1) is 10.3. The van der Waals surface area contributed by atoms with Gasteiger partial charge in [-0.2, -0.15) is 0 Å². The third-order valence-corrected chi connectivity index (χ3v) is 4.08. The molecule has 0 saturated heterocycles. The van der Waals surface area contributed by atoms with Crippen molar-refractivity contribution in [2.75, 3.05) is 6.54 Å². The standard InChI is InChI=1S/C20H28N2/c1-14-5-15(2)8-18(7-14)11-20(22,13-21)12-19-9-16(3)6-17(4)10-19/h5-10H,11-13,21-22H2,1-4H3. The summed E-state index contributed by atoms with van der Waals surface area (Å²) < 4.78 is 0. The molecule has 0 bridgehead atoms. The molecule has 0 saturated carbocycles. The molecule has 22 heavy (non-hydrogen) atoms. The van der Waals surface area contributed by atoms with Crippen molar-refractivity contribution in [3.63, 3.8) is 0 Å². The summed E-state index contributed by atoms with van der Waals surface area (Å²) in [5.74, 6) is 0. The minimum atomic E-state index is -0.402. The van der Waals surface area contributed by atoms with Crippen LogP contribution in [0.15, 0.2) is 36.4 Å². The van der Waals surface area contributed by atoms with Crippen molar-refractivity contribution in [2.45, 2.75) is 46.1 Å². The molecule has 0 aliphatic rings. The molecule has 2 aromatic rings. The van der Waals surface area contributed by atoms with Crippen molar-refractivity contribution in [2.24, 2.45) is 11.5 Å². The van der Waals surface area contributed by atoms with E-state index in [1.54, 1.807) is 0 Å². The third kappa shape index (κ3) is 4.43. The first-order valence-electron chi connectivity index (χ1n) is 7.93. The van der Waals surface area contributed by atoms with Gasteiger partial charge < -0.3 is 11.5 Å². The quantitative estimate of drug-likeness (QED) is 0.889. The highest BCUT2D eigenvalue weighted by Gasteiger charge is 2.24. The van der Waals surface area contributed by atoms with Gasteiger partial charge in [-0.1, -0.05) is 58.7 Å². The van der Waals surface area contributed by atoms with Crippen LogP contribution in [0.5, 0.6) is 0 Å². The van der Waals surface area contributed by atoms with Gasteiger partial charge in [-0.15, -0.1) is 0 Å². The van der Waals surface area contributed by atoms with Gasteiger partial charge in [0.1, 0.15) is 0 Å². The molecule has 0 heterocycles. The van der Waals surface area contributed by atoms with Crippen molar-refractivity contribution in [3.8, 4) is 0 Å². The summed E-state index contributed by atoms with van der Waals surface area (Å²) in [6.45, 7) is 8.98. The molecule has 0 unspecified atom stereocenters. The lowest BCUT2D eigenvalue weighted by molar-refractivity contribution is 0.429. The average molecular weight is 296 g/mol. The molecule has 0 aliphatic heterocycles. The Kier molecular flexibility index (Phi) is 5.05. The van der Waals surface area contributed by atoms with Gasteiger partial charge in [0.05, 0.1) is 0 Å². The van der Waals surface area contributed by atoms with Gasteiger partial charge in [-0.25, -0.2) is 0 Å². The third-order valence-electron chi connectivity index (χ3n) is 4.08. The second-order valence-electron chi connectivity index (χ2n) is 6.91. The average Bonchev–Trinajstić information content (AvgIpc) is 2.35. The molecule has 2 aromatic carbocycles. The van der Waals surface area contributed by atoms with E-state index in [1.165, 1.54) is 33.4 Å². The Balaban J connectivity index is 2.24. The molecule has 0 aliphatic carbocycles. The van der Waals surface area contributed by atoms with Crippen LogP contribution in [0.3, 0.4) is 0 Å². The zero-order chi connectivity index (χ0) is 16.3. The molecular weight excluding hydrogens is 268 g/mol. The normalized spacial score (nSPS) is 11.7. The highest BCUT2D eigenvalue weighted by atomic mass is 14.8. The maximum absolute atomic E-state index is 6.64. The van der Waals surface area contributed by atoms with Gasteiger partial charge in [0.25, 0.3) is 0 Å². The van der Waals surface area contributed by atoms with E-state index < -0.39 is 5.54 Å². The minimum Gasteiger partial charge on any atom is -0.329 e. The number of benzene rings is 2. The molecule has 2 nitrogen and oxygen atoms in total. The smallest absolute Gasteiger partial charge is 0.0360 e. The summed E-state index contributed by atoms with van der Waals surface area (Å²) in [4.78, 5) is 0. The van der Waals surface area contributed by atoms with E-state index in [0.29, 0.717) is 6.54 Å². The van der Waals surface area contributed by atoms with E-state index in [0.717, 1.165) is 12.8 Å². The fourth-order valence-electron chi connectivity index (χ4n) is 3.36. The molecule has 0 amide bonds. The molecule has 0 spiro atoms. The molecule has 118 valence electrons. The zero-order valence-corrected chi connectivity index (χ0v) is 14.2. The Labute approximate surface area is 134 Å². The van der Waals surface area contributed by atoms with Crippen LogP contribution in [-0.2, 0) is 12.8 Å². The van der Waals surface area contributed by atoms with Gasteiger partial charge in [0, 0.05) is 12.1 Å². The molecular formula is C20H28N2. The van der Waals surface area contributed by atoms with E-state index in [-0.39, 0.29) is 0 Å². The highest BCUT2D eigenvalue weighted by Crippen LogP contribution is 2.20. The van der Waals surface area contributed by atoms with E-state index >= 15 is 0 Å². The molecule has 0 atom stereocenters. The van der Waals surface area contributed by atoms with Crippen LogP contribution in [0.2, 0.25) is 0 Å². The Morgan fingerprint density at radius 3 is 1.27 bits per heavy atom. The van der Waals surface area contributed by atoms with E-state index in [4.69, 9.17) is 11.5 Å². The predicted octanol–water partition coefficient (Wildman–Crippen LogP) is 3.36. The van der Waals surface area contributed by atoms with Crippen LogP contribution in [0, 0.1) is 27.7 Å². The molecule has 2 heteroatoms. The molecule has 0 fully saturated rings. The van der Waals surface area contributed by atoms with Crippen molar-refractivity contribution in [3.05, 3.63) is 69.8 Å². The predicted molar refractivity (Wildman–Crippen MR) is 95.2 cm³/mol. The number of aryl methyl sites for hydroxylation is 4. The SMILES string of the molecule is Cc1cc(C)cc(CC(N)(CN)Cc2cc(C)cc(C)c2)c1. The van der Waals surface area contributed by atoms with Crippen LogP contribution in [-0.4, -0.2) is 12.1 Å². The summed E-state index contributed by atoms with van der Waals surface area (Å²) in [6, 6.07) is 13.2. The van der Waals surface area contributed by atoms with Gasteiger partial charge >= 0.3 is 0 Å².